The number of hydrogen-bond donors (Lipinski definition) is 3. The minimum absolute atomic E-state index is 0.00579. The van der Waals surface area contributed by atoms with Gasteiger partial charge in [0.1, 0.15) is 16.0 Å². The summed E-state index contributed by atoms with van der Waals surface area (Å²) in [4.78, 5) is 32.4. The third-order valence-corrected chi connectivity index (χ3v) is 2.96. The molecule has 0 atom stereocenters. The third kappa shape index (κ3) is 3.46. The molecule has 7 nitrogen and oxygen atoms in total. The first-order chi connectivity index (χ1) is 8.94. The molecule has 0 amide bonds. The van der Waals surface area contributed by atoms with Gasteiger partial charge in [-0.2, -0.15) is 0 Å². The van der Waals surface area contributed by atoms with E-state index in [0.29, 0.717) is 5.03 Å². The fourth-order valence-electron chi connectivity index (χ4n) is 1.25. The normalized spacial score (nSPS) is 10.4. The molecule has 19 heavy (non-hydrogen) atoms. The lowest BCUT2D eigenvalue weighted by molar-refractivity contribution is 0.0696. The molecule has 0 aliphatic carbocycles. The molecular weight excluding hydrogens is 292 g/mol. The maximum Gasteiger partial charge on any atom is 0.335 e. The number of hydrogen-bond acceptors (Lipinski definition) is 6. The number of carboxylic acid groups (broad SMARTS) is 1. The van der Waals surface area contributed by atoms with Gasteiger partial charge in [0.05, 0.1) is 5.56 Å². The molecular formula is C10H7ClN4O3S. The van der Waals surface area contributed by atoms with Gasteiger partial charge in [-0.25, -0.2) is 14.8 Å². The summed E-state index contributed by atoms with van der Waals surface area (Å²) in [5.74, 6) is -1.06. The SMILES string of the molecule is Nc1cc(=O)[nH]c(Sc2cc(C(=O)O)cc(Cl)n2)n1. The molecule has 4 N–H and O–H groups in total. The number of halogens is 1. The summed E-state index contributed by atoms with van der Waals surface area (Å²) < 4.78 is 0. The Hall–Kier alpha value is -2.06. The number of carboxylic acids is 1. The van der Waals surface area contributed by atoms with Crippen LogP contribution in [0.2, 0.25) is 5.15 Å². The van der Waals surface area contributed by atoms with E-state index in [-0.39, 0.29) is 21.7 Å². The second-order valence-corrected chi connectivity index (χ2v) is 4.80. The number of aromatic nitrogens is 3. The van der Waals surface area contributed by atoms with Gasteiger partial charge in [-0.1, -0.05) is 11.6 Å². The zero-order chi connectivity index (χ0) is 14.0. The lowest BCUT2D eigenvalue weighted by Crippen LogP contribution is -2.09. The molecule has 0 radical (unpaired) electrons. The number of carbonyl (C=O) groups is 1. The van der Waals surface area contributed by atoms with Crippen molar-refractivity contribution in [2.75, 3.05) is 5.73 Å². The van der Waals surface area contributed by atoms with Gasteiger partial charge in [0, 0.05) is 6.07 Å². The van der Waals surface area contributed by atoms with Gasteiger partial charge >= 0.3 is 5.97 Å². The number of nitrogens with zero attached hydrogens (tertiary/aromatic N) is 2. The van der Waals surface area contributed by atoms with Crippen molar-refractivity contribution >= 4 is 35.1 Å². The van der Waals surface area contributed by atoms with Crippen LogP contribution in [0, 0.1) is 0 Å². The van der Waals surface area contributed by atoms with Crippen molar-refractivity contribution in [1.29, 1.82) is 0 Å². The highest BCUT2D eigenvalue weighted by atomic mass is 35.5. The van der Waals surface area contributed by atoms with Gasteiger partial charge in [-0.15, -0.1) is 0 Å². The molecule has 0 saturated carbocycles. The largest absolute Gasteiger partial charge is 0.478 e. The monoisotopic (exact) mass is 298 g/mol. The molecule has 0 aliphatic rings. The number of nitrogen functional groups attached to an aromatic ring is 1. The molecule has 0 bridgehead atoms. The molecule has 2 aromatic heterocycles. The van der Waals surface area contributed by atoms with Gasteiger partial charge in [-0.3, -0.25) is 4.79 Å². The predicted molar refractivity (Wildman–Crippen MR) is 69.6 cm³/mol. The molecule has 0 aromatic carbocycles. The van der Waals surface area contributed by atoms with Crippen LogP contribution in [-0.2, 0) is 0 Å². The summed E-state index contributed by atoms with van der Waals surface area (Å²) in [6.45, 7) is 0. The van der Waals surface area contributed by atoms with E-state index in [9.17, 15) is 9.59 Å². The Morgan fingerprint density at radius 1 is 1.37 bits per heavy atom. The number of pyridine rings is 1. The lowest BCUT2D eigenvalue weighted by atomic mass is 10.3. The quantitative estimate of drug-likeness (QED) is 0.575. The summed E-state index contributed by atoms with van der Waals surface area (Å²) in [5, 5.41) is 9.43. The van der Waals surface area contributed by atoms with Gasteiger partial charge < -0.3 is 15.8 Å². The van der Waals surface area contributed by atoms with E-state index in [1.807, 2.05) is 0 Å². The maximum absolute atomic E-state index is 11.2. The molecule has 2 heterocycles. The predicted octanol–water partition coefficient (Wildman–Crippen LogP) is 1.25. The van der Waals surface area contributed by atoms with E-state index in [4.69, 9.17) is 22.4 Å². The molecule has 2 aromatic rings. The second-order valence-electron chi connectivity index (χ2n) is 3.40. The minimum Gasteiger partial charge on any atom is -0.478 e. The van der Waals surface area contributed by atoms with Crippen molar-refractivity contribution in [2.45, 2.75) is 10.2 Å². The zero-order valence-corrected chi connectivity index (χ0v) is 10.8. The minimum atomic E-state index is -1.12. The van der Waals surface area contributed by atoms with Crippen molar-refractivity contribution in [1.82, 2.24) is 15.0 Å². The first-order valence-corrected chi connectivity index (χ1v) is 6.09. The fraction of sp³-hybridized carbons (Fsp3) is 0. The van der Waals surface area contributed by atoms with Gasteiger partial charge in [-0.05, 0) is 23.9 Å². The van der Waals surface area contributed by atoms with Crippen molar-refractivity contribution in [3.05, 3.63) is 39.3 Å². The van der Waals surface area contributed by atoms with Crippen molar-refractivity contribution in [2.24, 2.45) is 0 Å². The van der Waals surface area contributed by atoms with Crippen LogP contribution in [0.5, 0.6) is 0 Å². The first kappa shape index (κ1) is 13.4. The maximum atomic E-state index is 11.2. The Morgan fingerprint density at radius 2 is 2.11 bits per heavy atom. The number of aromatic amines is 1. The van der Waals surface area contributed by atoms with Crippen LogP contribution in [0.15, 0.2) is 33.2 Å². The average molecular weight is 299 g/mol. The van der Waals surface area contributed by atoms with Crippen LogP contribution in [0.4, 0.5) is 5.82 Å². The Bertz CT molecular complexity index is 703. The summed E-state index contributed by atoms with van der Waals surface area (Å²) in [5.41, 5.74) is 5.02. The van der Waals surface area contributed by atoms with E-state index in [1.54, 1.807) is 0 Å². The summed E-state index contributed by atoms with van der Waals surface area (Å²) in [6.07, 6.45) is 0. The smallest absolute Gasteiger partial charge is 0.335 e. The average Bonchev–Trinajstić information content (AvgIpc) is 2.26. The lowest BCUT2D eigenvalue weighted by Gasteiger charge is -2.03. The van der Waals surface area contributed by atoms with Crippen LogP contribution in [-0.4, -0.2) is 26.0 Å². The summed E-state index contributed by atoms with van der Waals surface area (Å²) in [7, 11) is 0. The second kappa shape index (κ2) is 5.29. The van der Waals surface area contributed by atoms with Crippen molar-refractivity contribution in [3.63, 3.8) is 0 Å². The standard InChI is InChI=1S/C10H7ClN4O3S/c11-5-1-4(9(17)18)2-8(13-5)19-10-14-6(12)3-7(16)15-10/h1-3H,(H,17,18)(H3,12,14,15,16). The van der Waals surface area contributed by atoms with Crippen LogP contribution in [0.3, 0.4) is 0 Å². The molecule has 9 heteroatoms. The number of aromatic carboxylic acids is 1. The Morgan fingerprint density at radius 3 is 2.74 bits per heavy atom. The molecule has 0 saturated heterocycles. The van der Waals surface area contributed by atoms with E-state index < -0.39 is 11.5 Å². The van der Waals surface area contributed by atoms with E-state index in [2.05, 4.69) is 15.0 Å². The highest BCUT2D eigenvalue weighted by molar-refractivity contribution is 7.99. The van der Waals surface area contributed by atoms with Crippen LogP contribution in [0.25, 0.3) is 0 Å². The van der Waals surface area contributed by atoms with Crippen LogP contribution in [0.1, 0.15) is 10.4 Å². The highest BCUT2D eigenvalue weighted by Crippen LogP contribution is 2.25. The zero-order valence-electron chi connectivity index (χ0n) is 9.25. The third-order valence-electron chi connectivity index (χ3n) is 1.96. The number of anilines is 1. The molecule has 0 spiro atoms. The molecule has 0 unspecified atom stereocenters. The number of nitrogens with two attached hydrogens (primary N) is 1. The Kier molecular flexibility index (Phi) is 3.72. The number of H-pyrrole nitrogens is 1. The molecule has 0 aliphatic heterocycles. The van der Waals surface area contributed by atoms with Crippen molar-refractivity contribution < 1.29 is 9.90 Å². The number of rotatable bonds is 3. The molecule has 0 fully saturated rings. The Balaban J connectivity index is 2.37. The van der Waals surface area contributed by atoms with Gasteiger partial charge in [0.2, 0.25) is 0 Å². The summed E-state index contributed by atoms with van der Waals surface area (Å²) in [6, 6.07) is 3.68. The highest BCUT2D eigenvalue weighted by Gasteiger charge is 2.10. The fourth-order valence-corrected chi connectivity index (χ4v) is 2.34. The molecule has 98 valence electrons. The van der Waals surface area contributed by atoms with Crippen LogP contribution < -0.4 is 11.3 Å². The van der Waals surface area contributed by atoms with Crippen molar-refractivity contribution in [3.8, 4) is 0 Å². The first-order valence-electron chi connectivity index (χ1n) is 4.89. The van der Waals surface area contributed by atoms with E-state index >= 15 is 0 Å². The van der Waals surface area contributed by atoms with Gasteiger partial charge in [0.25, 0.3) is 5.56 Å². The van der Waals surface area contributed by atoms with Crippen LogP contribution >= 0.6 is 23.4 Å². The topological polar surface area (TPSA) is 122 Å². The summed E-state index contributed by atoms with van der Waals surface area (Å²) >= 11 is 6.67. The molecule has 2 rings (SSSR count). The van der Waals surface area contributed by atoms with E-state index in [1.165, 1.54) is 12.1 Å². The Labute approximate surface area is 115 Å². The van der Waals surface area contributed by atoms with E-state index in [0.717, 1.165) is 17.8 Å². The van der Waals surface area contributed by atoms with Gasteiger partial charge in [0.15, 0.2) is 5.16 Å². The number of nitrogens with one attached hydrogen (secondary N) is 1.